The van der Waals surface area contributed by atoms with Crippen molar-refractivity contribution < 1.29 is 8.42 Å². The van der Waals surface area contributed by atoms with E-state index in [1.54, 1.807) is 31.4 Å². The molecule has 2 heterocycles. The predicted octanol–water partition coefficient (Wildman–Crippen LogP) is 2.41. The quantitative estimate of drug-likeness (QED) is 0.647. The lowest BCUT2D eigenvalue weighted by molar-refractivity contribution is 0.358. The van der Waals surface area contributed by atoms with E-state index in [4.69, 9.17) is 0 Å². The molecule has 1 aliphatic rings. The van der Waals surface area contributed by atoms with E-state index in [0.717, 1.165) is 24.2 Å². The van der Waals surface area contributed by atoms with Gasteiger partial charge in [-0.2, -0.15) is 4.31 Å². The molecule has 0 saturated heterocycles. The number of imidazole rings is 1. The van der Waals surface area contributed by atoms with Gasteiger partial charge < -0.3 is 9.88 Å². The first kappa shape index (κ1) is 21.0. The highest BCUT2D eigenvalue weighted by Crippen LogP contribution is 2.33. The number of hydrogen-bond donors (Lipinski definition) is 1. The van der Waals surface area contributed by atoms with Crippen molar-refractivity contribution in [3.8, 4) is 0 Å². The molecular formula is C21H29N5O3S. The SMILES string of the molecule is CN(C)CCN(C)S(=O)(=O)c1ccc2c(c1)[nH]c(=O)c1cnc(C3CCCCC3)n12. The molecule has 1 saturated carbocycles. The van der Waals surface area contributed by atoms with Crippen molar-refractivity contribution in [2.45, 2.75) is 42.9 Å². The third kappa shape index (κ3) is 3.77. The van der Waals surface area contributed by atoms with Crippen LogP contribution in [0.4, 0.5) is 0 Å². The van der Waals surface area contributed by atoms with Crippen LogP contribution in [0, 0.1) is 0 Å². The number of aromatic amines is 1. The fraction of sp³-hybridized carbons (Fsp3) is 0.524. The van der Waals surface area contributed by atoms with Crippen LogP contribution in [-0.4, -0.2) is 66.2 Å². The Labute approximate surface area is 176 Å². The molecule has 0 amide bonds. The van der Waals surface area contributed by atoms with Crippen molar-refractivity contribution in [1.82, 2.24) is 23.6 Å². The van der Waals surface area contributed by atoms with Gasteiger partial charge in [-0.05, 0) is 45.1 Å². The number of nitrogens with zero attached hydrogens (tertiary/aromatic N) is 4. The van der Waals surface area contributed by atoms with Gasteiger partial charge in [0.2, 0.25) is 10.0 Å². The molecule has 0 unspecified atom stereocenters. The molecule has 0 atom stereocenters. The van der Waals surface area contributed by atoms with Crippen molar-refractivity contribution in [3.63, 3.8) is 0 Å². The number of likely N-dealkylation sites (N-methyl/N-ethyl adjacent to an activating group) is 2. The van der Waals surface area contributed by atoms with E-state index in [2.05, 4.69) is 9.97 Å². The van der Waals surface area contributed by atoms with Crippen LogP contribution in [0.1, 0.15) is 43.8 Å². The zero-order valence-electron chi connectivity index (χ0n) is 17.8. The topological polar surface area (TPSA) is 90.8 Å². The van der Waals surface area contributed by atoms with Crippen molar-refractivity contribution in [1.29, 1.82) is 0 Å². The van der Waals surface area contributed by atoms with Crippen molar-refractivity contribution in [2.75, 3.05) is 34.2 Å². The molecule has 3 aromatic rings. The Morgan fingerprint density at radius 2 is 1.83 bits per heavy atom. The summed E-state index contributed by atoms with van der Waals surface area (Å²) < 4.78 is 29.3. The highest BCUT2D eigenvalue weighted by atomic mass is 32.2. The van der Waals surface area contributed by atoms with Gasteiger partial charge >= 0.3 is 0 Å². The Hall–Kier alpha value is -2.23. The summed E-state index contributed by atoms with van der Waals surface area (Å²) in [5.41, 5.74) is 1.52. The molecule has 0 radical (unpaired) electrons. The van der Waals surface area contributed by atoms with Crippen molar-refractivity contribution >= 4 is 26.6 Å². The number of sulfonamides is 1. The summed E-state index contributed by atoms with van der Waals surface area (Å²) in [6.07, 6.45) is 7.34. The van der Waals surface area contributed by atoms with Gasteiger partial charge in [0.25, 0.3) is 5.56 Å². The van der Waals surface area contributed by atoms with Crippen LogP contribution in [0.3, 0.4) is 0 Å². The van der Waals surface area contributed by atoms with Gasteiger partial charge in [-0.3, -0.25) is 9.20 Å². The molecular weight excluding hydrogens is 402 g/mol. The second-order valence-corrected chi connectivity index (χ2v) is 10.5. The number of aromatic nitrogens is 3. The summed E-state index contributed by atoms with van der Waals surface area (Å²) in [4.78, 5) is 22.2. The standard InChI is InChI=1S/C21H29N5O3S/c1-24(2)11-12-25(3)30(28,29)16-9-10-18-17(13-16)23-21(27)19-14-22-20(26(18)19)15-7-5-4-6-8-15/h9-10,13-15H,4-8,11-12H2,1-3H3,(H,23,27). The maximum Gasteiger partial charge on any atom is 0.274 e. The van der Waals surface area contributed by atoms with Gasteiger partial charge in [-0.15, -0.1) is 0 Å². The normalized spacial score (nSPS) is 16.3. The Bertz CT molecular complexity index is 1220. The minimum absolute atomic E-state index is 0.172. The van der Waals surface area contributed by atoms with Crippen LogP contribution in [0.15, 0.2) is 34.1 Å². The lowest BCUT2D eigenvalue weighted by Gasteiger charge is -2.21. The second kappa shape index (κ2) is 8.13. The van der Waals surface area contributed by atoms with Gasteiger partial charge in [-0.25, -0.2) is 13.4 Å². The maximum absolute atomic E-state index is 13.0. The molecule has 30 heavy (non-hydrogen) atoms. The molecule has 0 aliphatic heterocycles. The van der Waals surface area contributed by atoms with Crippen LogP contribution in [0.5, 0.6) is 0 Å². The van der Waals surface area contributed by atoms with Crippen LogP contribution in [0.2, 0.25) is 0 Å². The number of nitrogens with one attached hydrogen (secondary N) is 1. The van der Waals surface area contributed by atoms with Crippen LogP contribution >= 0.6 is 0 Å². The first-order chi connectivity index (χ1) is 14.3. The minimum atomic E-state index is -3.65. The molecule has 1 fully saturated rings. The van der Waals surface area contributed by atoms with Crippen molar-refractivity contribution in [2.24, 2.45) is 0 Å². The van der Waals surface area contributed by atoms with Gasteiger partial charge in [0.1, 0.15) is 11.3 Å². The number of rotatable bonds is 6. The summed E-state index contributed by atoms with van der Waals surface area (Å²) in [6, 6.07) is 4.95. The first-order valence-corrected chi connectivity index (χ1v) is 11.9. The highest BCUT2D eigenvalue weighted by Gasteiger charge is 2.24. The zero-order valence-corrected chi connectivity index (χ0v) is 18.6. The molecule has 1 aromatic carbocycles. The van der Waals surface area contributed by atoms with E-state index >= 15 is 0 Å². The second-order valence-electron chi connectivity index (χ2n) is 8.43. The lowest BCUT2D eigenvalue weighted by atomic mass is 9.89. The number of benzene rings is 1. The third-order valence-electron chi connectivity index (χ3n) is 6.02. The van der Waals surface area contributed by atoms with Gasteiger partial charge in [0.05, 0.1) is 22.1 Å². The molecule has 1 N–H and O–H groups in total. The smallest absolute Gasteiger partial charge is 0.274 e. The van der Waals surface area contributed by atoms with Gasteiger partial charge in [0, 0.05) is 26.1 Å². The summed E-state index contributed by atoms with van der Waals surface area (Å²) >= 11 is 0. The monoisotopic (exact) mass is 431 g/mol. The molecule has 1 aliphatic carbocycles. The third-order valence-corrected chi connectivity index (χ3v) is 7.87. The van der Waals surface area contributed by atoms with E-state index in [9.17, 15) is 13.2 Å². The van der Waals surface area contributed by atoms with E-state index < -0.39 is 10.0 Å². The summed E-state index contributed by atoms with van der Waals surface area (Å²) in [5.74, 6) is 1.23. The number of hydrogen-bond acceptors (Lipinski definition) is 5. The Morgan fingerprint density at radius 3 is 2.53 bits per heavy atom. The van der Waals surface area contributed by atoms with Gasteiger partial charge in [-0.1, -0.05) is 19.3 Å². The average Bonchev–Trinajstić information content (AvgIpc) is 3.18. The molecule has 162 valence electrons. The largest absolute Gasteiger partial charge is 0.319 e. The Balaban J connectivity index is 1.80. The fourth-order valence-electron chi connectivity index (χ4n) is 4.23. The van der Waals surface area contributed by atoms with E-state index in [1.165, 1.54) is 23.6 Å². The lowest BCUT2D eigenvalue weighted by Crippen LogP contribution is -2.33. The van der Waals surface area contributed by atoms with Crippen LogP contribution in [0.25, 0.3) is 16.6 Å². The predicted molar refractivity (Wildman–Crippen MR) is 118 cm³/mol. The Kier molecular flexibility index (Phi) is 5.69. The molecule has 0 bridgehead atoms. The fourth-order valence-corrected chi connectivity index (χ4v) is 5.41. The zero-order chi connectivity index (χ0) is 21.5. The molecule has 8 nitrogen and oxygen atoms in total. The van der Waals surface area contributed by atoms with Crippen LogP contribution < -0.4 is 5.56 Å². The van der Waals surface area contributed by atoms with E-state index in [-0.39, 0.29) is 10.5 Å². The summed E-state index contributed by atoms with van der Waals surface area (Å²) in [5, 5.41) is 0. The first-order valence-electron chi connectivity index (χ1n) is 10.4. The molecule has 9 heteroatoms. The molecule has 4 rings (SSSR count). The van der Waals surface area contributed by atoms with Crippen LogP contribution in [-0.2, 0) is 10.0 Å². The minimum Gasteiger partial charge on any atom is -0.319 e. The van der Waals surface area contributed by atoms with Gasteiger partial charge in [0.15, 0.2) is 0 Å². The molecule has 0 spiro atoms. The molecule has 2 aromatic heterocycles. The van der Waals surface area contributed by atoms with E-state index in [1.807, 2.05) is 23.4 Å². The number of fused-ring (bicyclic) bond motifs is 3. The average molecular weight is 432 g/mol. The maximum atomic E-state index is 13.0. The van der Waals surface area contributed by atoms with E-state index in [0.29, 0.717) is 30.0 Å². The highest BCUT2D eigenvalue weighted by molar-refractivity contribution is 7.89. The summed E-state index contributed by atoms with van der Waals surface area (Å²) in [6.45, 7) is 1.01. The van der Waals surface area contributed by atoms with Crippen molar-refractivity contribution in [3.05, 3.63) is 40.6 Å². The number of H-pyrrole nitrogens is 1. The Morgan fingerprint density at radius 1 is 1.10 bits per heavy atom. The summed E-state index contributed by atoms with van der Waals surface area (Å²) in [7, 11) is 1.73.